The Balaban J connectivity index is 1.66. The van der Waals surface area contributed by atoms with E-state index < -0.39 is 0 Å². The largest absolute Gasteiger partial charge is 0.445 e. The minimum absolute atomic E-state index is 0.285. The molecule has 0 saturated heterocycles. The molecule has 2 aromatic carbocycles. The second kappa shape index (κ2) is 6.67. The third-order valence-electron chi connectivity index (χ3n) is 3.56. The first-order valence-electron chi connectivity index (χ1n) is 7.13. The zero-order valence-corrected chi connectivity index (χ0v) is 12.8. The molecule has 0 aromatic heterocycles. The number of ether oxygens (including phenoxy) is 1. The van der Waals surface area contributed by atoms with Gasteiger partial charge >= 0.3 is 6.09 Å². The molecular formula is C18H16ClNO2. The number of rotatable bonds is 2. The van der Waals surface area contributed by atoms with Crippen molar-refractivity contribution in [1.82, 2.24) is 4.90 Å². The van der Waals surface area contributed by atoms with Crippen LogP contribution in [0.15, 0.2) is 54.6 Å². The molecule has 22 heavy (non-hydrogen) atoms. The Morgan fingerprint density at radius 3 is 2.82 bits per heavy atom. The first-order valence-corrected chi connectivity index (χ1v) is 7.51. The molecule has 4 heteroatoms. The highest BCUT2D eigenvalue weighted by atomic mass is 35.5. The van der Waals surface area contributed by atoms with Crippen LogP contribution in [0.3, 0.4) is 0 Å². The van der Waals surface area contributed by atoms with E-state index in [4.69, 9.17) is 16.3 Å². The minimum atomic E-state index is -0.309. The van der Waals surface area contributed by atoms with E-state index in [0.29, 0.717) is 18.1 Å². The lowest BCUT2D eigenvalue weighted by atomic mass is 10.1. The Hall–Kier alpha value is -2.26. The summed E-state index contributed by atoms with van der Waals surface area (Å²) in [6.45, 7) is 1.33. The predicted octanol–water partition coefficient (Wildman–Crippen LogP) is 4.51. The van der Waals surface area contributed by atoms with Gasteiger partial charge in [0.05, 0.1) is 0 Å². The molecule has 1 amide bonds. The van der Waals surface area contributed by atoms with Gasteiger partial charge in [-0.15, -0.1) is 0 Å². The number of hydrogen-bond donors (Lipinski definition) is 0. The first-order chi connectivity index (χ1) is 10.7. The molecule has 0 bridgehead atoms. The quantitative estimate of drug-likeness (QED) is 0.816. The highest BCUT2D eigenvalue weighted by molar-refractivity contribution is 6.30. The first kappa shape index (κ1) is 14.7. The molecule has 3 rings (SSSR count). The molecular weight excluding hydrogens is 298 g/mol. The molecule has 0 atom stereocenters. The topological polar surface area (TPSA) is 29.5 Å². The number of halogens is 1. The lowest BCUT2D eigenvalue weighted by Crippen LogP contribution is -2.30. The summed E-state index contributed by atoms with van der Waals surface area (Å²) in [7, 11) is 0. The number of amides is 1. The number of carbonyl (C=O) groups is 1. The summed E-state index contributed by atoms with van der Waals surface area (Å²) in [6, 6.07) is 15.4. The van der Waals surface area contributed by atoms with Crippen molar-refractivity contribution >= 4 is 23.8 Å². The van der Waals surface area contributed by atoms with Gasteiger partial charge in [0.15, 0.2) is 0 Å². The highest BCUT2D eigenvalue weighted by Gasteiger charge is 2.18. The van der Waals surface area contributed by atoms with Crippen LogP contribution >= 0.6 is 11.6 Å². The van der Waals surface area contributed by atoms with Gasteiger partial charge in [-0.05, 0) is 28.8 Å². The Morgan fingerprint density at radius 2 is 2.00 bits per heavy atom. The van der Waals surface area contributed by atoms with Gasteiger partial charge in [0, 0.05) is 18.1 Å². The van der Waals surface area contributed by atoms with Crippen molar-refractivity contribution in [2.75, 3.05) is 6.54 Å². The second-order valence-electron chi connectivity index (χ2n) is 5.17. The molecule has 0 aliphatic carbocycles. The monoisotopic (exact) mass is 313 g/mol. The van der Waals surface area contributed by atoms with E-state index in [0.717, 1.165) is 16.7 Å². The lowest BCUT2D eigenvalue weighted by molar-refractivity contribution is 0.0980. The molecule has 112 valence electrons. The van der Waals surface area contributed by atoms with Crippen LogP contribution in [0.4, 0.5) is 4.79 Å². The Kier molecular flexibility index (Phi) is 4.45. The summed E-state index contributed by atoms with van der Waals surface area (Å²) in [5, 5.41) is 0.698. The van der Waals surface area contributed by atoms with Crippen LogP contribution in [-0.4, -0.2) is 17.5 Å². The fourth-order valence-corrected chi connectivity index (χ4v) is 2.57. The molecule has 0 saturated carbocycles. The molecule has 0 unspecified atom stereocenters. The average molecular weight is 314 g/mol. The van der Waals surface area contributed by atoms with Crippen molar-refractivity contribution in [2.45, 2.75) is 13.2 Å². The molecule has 3 nitrogen and oxygen atoms in total. The van der Waals surface area contributed by atoms with Crippen molar-refractivity contribution in [2.24, 2.45) is 0 Å². The van der Waals surface area contributed by atoms with Gasteiger partial charge in [0.1, 0.15) is 6.61 Å². The number of benzene rings is 2. The summed E-state index contributed by atoms with van der Waals surface area (Å²) in [5.41, 5.74) is 3.09. The maximum absolute atomic E-state index is 12.2. The maximum Gasteiger partial charge on any atom is 0.410 e. The maximum atomic E-state index is 12.2. The van der Waals surface area contributed by atoms with Crippen LogP contribution in [0.2, 0.25) is 5.02 Å². The van der Waals surface area contributed by atoms with Crippen LogP contribution in [0, 0.1) is 0 Å². The van der Waals surface area contributed by atoms with Gasteiger partial charge in [0.25, 0.3) is 0 Å². The van der Waals surface area contributed by atoms with Crippen LogP contribution in [0.5, 0.6) is 0 Å². The third-order valence-corrected chi connectivity index (χ3v) is 3.79. The molecule has 0 N–H and O–H groups in total. The van der Waals surface area contributed by atoms with Gasteiger partial charge in [-0.25, -0.2) is 4.79 Å². The highest BCUT2D eigenvalue weighted by Crippen LogP contribution is 2.22. The van der Waals surface area contributed by atoms with Gasteiger partial charge < -0.3 is 9.64 Å². The zero-order chi connectivity index (χ0) is 15.4. The number of carbonyl (C=O) groups excluding carboxylic acids is 1. The molecule has 0 fully saturated rings. The van der Waals surface area contributed by atoms with E-state index in [1.165, 1.54) is 0 Å². The van der Waals surface area contributed by atoms with Crippen molar-refractivity contribution in [1.29, 1.82) is 0 Å². The van der Waals surface area contributed by atoms with Crippen LogP contribution in [-0.2, 0) is 17.9 Å². The third kappa shape index (κ3) is 3.49. The van der Waals surface area contributed by atoms with Gasteiger partial charge in [-0.1, -0.05) is 60.2 Å². The molecule has 1 aliphatic rings. The summed E-state index contributed by atoms with van der Waals surface area (Å²) in [4.78, 5) is 13.9. The van der Waals surface area contributed by atoms with Gasteiger partial charge in [-0.3, -0.25) is 0 Å². The van der Waals surface area contributed by atoms with E-state index in [1.807, 2.05) is 60.7 Å². The van der Waals surface area contributed by atoms with Crippen molar-refractivity contribution in [3.8, 4) is 0 Å². The standard InChI is InChI=1S/C18H16ClNO2/c19-17-9-8-16-12-20(10-4-7-15(16)11-17)18(21)22-13-14-5-2-1-3-6-14/h1-9,11H,10,12-13H2. The number of nitrogens with zero attached hydrogens (tertiary/aromatic N) is 1. The summed E-state index contributed by atoms with van der Waals surface area (Å²) in [6.07, 6.45) is 3.63. The second-order valence-corrected chi connectivity index (χ2v) is 5.60. The van der Waals surface area contributed by atoms with Gasteiger partial charge in [-0.2, -0.15) is 0 Å². The summed E-state index contributed by atoms with van der Waals surface area (Å²) >= 11 is 6.01. The Bertz CT molecular complexity index is 697. The Morgan fingerprint density at radius 1 is 1.18 bits per heavy atom. The summed E-state index contributed by atoms with van der Waals surface area (Å²) < 4.78 is 5.39. The van der Waals surface area contributed by atoms with Crippen molar-refractivity contribution in [3.63, 3.8) is 0 Å². The normalized spacial score (nSPS) is 13.4. The fraction of sp³-hybridized carbons (Fsp3) is 0.167. The molecule has 2 aromatic rings. The average Bonchev–Trinajstić information content (AvgIpc) is 2.75. The number of hydrogen-bond acceptors (Lipinski definition) is 2. The fourth-order valence-electron chi connectivity index (χ4n) is 2.39. The smallest absolute Gasteiger partial charge is 0.410 e. The van der Waals surface area contributed by atoms with E-state index in [-0.39, 0.29) is 12.7 Å². The van der Waals surface area contributed by atoms with Crippen LogP contribution < -0.4 is 0 Å². The van der Waals surface area contributed by atoms with E-state index in [2.05, 4.69) is 0 Å². The van der Waals surface area contributed by atoms with E-state index in [1.54, 1.807) is 4.90 Å². The van der Waals surface area contributed by atoms with E-state index >= 15 is 0 Å². The van der Waals surface area contributed by atoms with Crippen molar-refractivity contribution in [3.05, 3.63) is 76.3 Å². The number of fused-ring (bicyclic) bond motifs is 1. The van der Waals surface area contributed by atoms with Crippen LogP contribution in [0.25, 0.3) is 6.08 Å². The SMILES string of the molecule is O=C(OCc1ccccc1)N1CC=Cc2cc(Cl)ccc2C1. The lowest BCUT2D eigenvalue weighted by Gasteiger charge is -2.20. The minimum Gasteiger partial charge on any atom is -0.445 e. The molecule has 0 spiro atoms. The molecule has 1 heterocycles. The Labute approximate surface area is 134 Å². The summed E-state index contributed by atoms with van der Waals surface area (Å²) in [5.74, 6) is 0. The van der Waals surface area contributed by atoms with Gasteiger partial charge in [0.2, 0.25) is 0 Å². The van der Waals surface area contributed by atoms with Crippen molar-refractivity contribution < 1.29 is 9.53 Å². The molecule has 1 aliphatic heterocycles. The van der Waals surface area contributed by atoms with Crippen LogP contribution in [0.1, 0.15) is 16.7 Å². The molecule has 0 radical (unpaired) electrons. The van der Waals surface area contributed by atoms with E-state index in [9.17, 15) is 4.79 Å². The zero-order valence-electron chi connectivity index (χ0n) is 12.0. The predicted molar refractivity (Wildman–Crippen MR) is 87.5 cm³/mol.